The zero-order chi connectivity index (χ0) is 30.7. The highest BCUT2D eigenvalue weighted by Gasteiger charge is 2.04. The first-order valence-corrected chi connectivity index (χ1v) is 17.4. The number of rotatable bonds is 21. The fourth-order valence-electron chi connectivity index (χ4n) is 4.71. The van der Waals surface area contributed by atoms with Gasteiger partial charge in [-0.3, -0.25) is 9.59 Å². The first-order valence-electron chi connectivity index (χ1n) is 15.6. The molecular weight excluding hydrogens is 585 g/mol. The molecule has 0 saturated heterocycles. The van der Waals surface area contributed by atoms with Crippen molar-refractivity contribution in [1.82, 2.24) is 0 Å². The summed E-state index contributed by atoms with van der Waals surface area (Å²) < 4.78 is 11.7. The number of benzene rings is 2. The first kappa shape index (κ1) is 33.2. The summed E-state index contributed by atoms with van der Waals surface area (Å²) in [5.41, 5.74) is 1.35. The van der Waals surface area contributed by atoms with E-state index in [-0.39, 0.29) is 11.6 Å². The van der Waals surface area contributed by atoms with Gasteiger partial charge < -0.3 is 9.47 Å². The Hall–Kier alpha value is -3.74. The van der Waals surface area contributed by atoms with Gasteiger partial charge in [-0.1, -0.05) is 63.5 Å². The zero-order valence-electron chi connectivity index (χ0n) is 25.3. The topological polar surface area (TPSA) is 52.6 Å². The highest BCUT2D eigenvalue weighted by Crippen LogP contribution is 2.18. The van der Waals surface area contributed by atoms with Gasteiger partial charge in [-0.15, -0.1) is 22.7 Å². The lowest BCUT2D eigenvalue weighted by Crippen LogP contribution is -1.99. The lowest BCUT2D eigenvalue weighted by atomic mass is 10.1. The molecule has 2 heterocycles. The quantitative estimate of drug-likeness (QED) is 0.0524. The van der Waals surface area contributed by atoms with E-state index >= 15 is 0 Å². The SMILES string of the molecule is O=C(/C=C/c1cccs1)c1ccc(OCCCCCCCCCCCCOc2ccc(C(=O)/C=C/c3cccs3)cc2)cc1. The third-order valence-electron chi connectivity index (χ3n) is 7.24. The van der Waals surface area contributed by atoms with E-state index in [0.717, 1.165) is 34.1 Å². The predicted octanol–water partition coefficient (Wildman–Crippen LogP) is 11.0. The van der Waals surface area contributed by atoms with Gasteiger partial charge in [-0.05, 0) is 109 Å². The van der Waals surface area contributed by atoms with Crippen LogP contribution < -0.4 is 9.47 Å². The van der Waals surface area contributed by atoms with E-state index in [9.17, 15) is 9.59 Å². The number of unbranched alkanes of at least 4 members (excludes halogenated alkanes) is 9. The van der Waals surface area contributed by atoms with Crippen LogP contribution in [0.3, 0.4) is 0 Å². The molecule has 0 N–H and O–H groups in total. The standard InChI is InChI=1S/C38H42O4S2/c39-37(25-23-35-13-11-29-43-35)31-15-19-33(20-16-31)41-27-9-7-5-3-1-2-4-6-8-10-28-42-34-21-17-32(18-22-34)38(40)26-24-36-14-12-30-44-36/h11-26,29-30H,1-10,27-28H2/b25-23+,26-24+. The second-order valence-corrected chi connectivity index (χ2v) is 12.7. The zero-order valence-corrected chi connectivity index (χ0v) is 27.0. The Morgan fingerprint density at radius 2 is 0.864 bits per heavy atom. The molecule has 6 heteroatoms. The largest absolute Gasteiger partial charge is 0.494 e. The van der Waals surface area contributed by atoms with E-state index in [4.69, 9.17) is 9.47 Å². The van der Waals surface area contributed by atoms with Gasteiger partial charge in [0.1, 0.15) is 11.5 Å². The number of carbonyl (C=O) groups is 2. The van der Waals surface area contributed by atoms with Crippen molar-refractivity contribution in [2.24, 2.45) is 0 Å². The van der Waals surface area contributed by atoms with Crippen LogP contribution in [0.1, 0.15) is 94.7 Å². The Morgan fingerprint density at radius 3 is 1.20 bits per heavy atom. The van der Waals surface area contributed by atoms with Crippen molar-refractivity contribution in [2.45, 2.75) is 64.2 Å². The summed E-state index contributed by atoms with van der Waals surface area (Å²) in [6.45, 7) is 1.42. The number of hydrogen-bond acceptors (Lipinski definition) is 6. The Bertz CT molecular complexity index is 1310. The number of ketones is 2. The lowest BCUT2D eigenvalue weighted by Gasteiger charge is -2.07. The average molecular weight is 627 g/mol. The maximum Gasteiger partial charge on any atom is 0.185 e. The van der Waals surface area contributed by atoms with Crippen molar-refractivity contribution in [3.8, 4) is 11.5 Å². The van der Waals surface area contributed by atoms with Crippen LogP contribution in [-0.2, 0) is 0 Å². The molecule has 0 aliphatic rings. The summed E-state index contributed by atoms with van der Waals surface area (Å²) in [5, 5.41) is 4.00. The molecular formula is C38H42O4S2. The molecule has 0 amide bonds. The third-order valence-corrected chi connectivity index (χ3v) is 8.91. The maximum atomic E-state index is 12.3. The summed E-state index contributed by atoms with van der Waals surface area (Å²) in [5.74, 6) is 1.64. The molecule has 0 unspecified atom stereocenters. The van der Waals surface area contributed by atoms with Crippen LogP contribution in [-0.4, -0.2) is 24.8 Å². The minimum Gasteiger partial charge on any atom is -0.494 e. The molecule has 4 nitrogen and oxygen atoms in total. The molecule has 0 aliphatic heterocycles. The Labute approximate surface area is 270 Å². The second kappa shape index (κ2) is 19.5. The molecule has 0 saturated carbocycles. The van der Waals surface area contributed by atoms with Crippen molar-refractivity contribution < 1.29 is 19.1 Å². The van der Waals surface area contributed by atoms with Crippen LogP contribution in [0.4, 0.5) is 0 Å². The minimum absolute atomic E-state index is 0.00540. The summed E-state index contributed by atoms with van der Waals surface area (Å²) in [6, 6.07) is 22.8. The van der Waals surface area contributed by atoms with Crippen LogP contribution in [0.5, 0.6) is 11.5 Å². The molecule has 0 fully saturated rings. The minimum atomic E-state index is 0.00540. The highest BCUT2D eigenvalue weighted by atomic mass is 32.1. The lowest BCUT2D eigenvalue weighted by molar-refractivity contribution is 0.103. The predicted molar refractivity (Wildman–Crippen MR) is 185 cm³/mol. The van der Waals surface area contributed by atoms with E-state index in [1.54, 1.807) is 34.8 Å². The number of ether oxygens (including phenoxy) is 2. The summed E-state index contributed by atoms with van der Waals surface area (Å²) >= 11 is 3.23. The van der Waals surface area contributed by atoms with Crippen molar-refractivity contribution in [1.29, 1.82) is 0 Å². The van der Waals surface area contributed by atoms with Crippen LogP contribution in [0, 0.1) is 0 Å². The Kier molecular flexibility index (Phi) is 14.7. The van der Waals surface area contributed by atoms with Gasteiger partial charge in [0.2, 0.25) is 0 Å². The summed E-state index contributed by atoms with van der Waals surface area (Å²) in [7, 11) is 0. The van der Waals surface area contributed by atoms with Crippen LogP contribution in [0.25, 0.3) is 12.2 Å². The molecule has 0 spiro atoms. The third kappa shape index (κ3) is 12.5. The van der Waals surface area contributed by atoms with Crippen LogP contribution in [0.15, 0.2) is 95.7 Å². The molecule has 2 aromatic carbocycles. The molecule has 4 aromatic rings. The molecule has 44 heavy (non-hydrogen) atoms. The normalized spacial score (nSPS) is 11.4. The van der Waals surface area contributed by atoms with Gasteiger partial charge >= 0.3 is 0 Å². The van der Waals surface area contributed by atoms with Gasteiger partial charge in [-0.2, -0.15) is 0 Å². The van der Waals surface area contributed by atoms with E-state index < -0.39 is 0 Å². The summed E-state index contributed by atoms with van der Waals surface area (Å²) in [4.78, 5) is 26.8. The first-order chi connectivity index (χ1) is 21.7. The van der Waals surface area contributed by atoms with E-state index in [2.05, 4.69) is 0 Å². The maximum absolute atomic E-state index is 12.3. The summed E-state index contributed by atoms with van der Waals surface area (Å²) in [6.07, 6.45) is 19.1. The molecule has 0 bridgehead atoms. The Balaban J connectivity index is 0.937. The monoisotopic (exact) mass is 626 g/mol. The fourth-order valence-corrected chi connectivity index (χ4v) is 5.95. The fraction of sp³-hybridized carbons (Fsp3) is 0.316. The number of carbonyl (C=O) groups excluding carboxylic acids is 2. The van der Waals surface area contributed by atoms with Crippen molar-refractivity contribution in [3.63, 3.8) is 0 Å². The number of allylic oxidation sites excluding steroid dienone is 2. The Morgan fingerprint density at radius 1 is 0.500 bits per heavy atom. The van der Waals surface area contributed by atoms with Gasteiger partial charge in [0.15, 0.2) is 11.6 Å². The second-order valence-electron chi connectivity index (χ2n) is 10.7. The molecule has 0 radical (unpaired) electrons. The molecule has 0 aliphatic carbocycles. The van der Waals surface area contributed by atoms with Crippen molar-refractivity contribution >= 4 is 46.4 Å². The van der Waals surface area contributed by atoms with E-state index in [1.165, 1.54) is 51.4 Å². The van der Waals surface area contributed by atoms with Gasteiger partial charge in [0.05, 0.1) is 13.2 Å². The van der Waals surface area contributed by atoms with Gasteiger partial charge in [0, 0.05) is 20.9 Å². The molecule has 4 rings (SSSR count). The van der Waals surface area contributed by atoms with Crippen LogP contribution >= 0.6 is 22.7 Å². The molecule has 2 aromatic heterocycles. The highest BCUT2D eigenvalue weighted by molar-refractivity contribution is 7.11. The molecule has 230 valence electrons. The van der Waals surface area contributed by atoms with Crippen LogP contribution in [0.2, 0.25) is 0 Å². The average Bonchev–Trinajstić information content (AvgIpc) is 3.78. The number of hydrogen-bond donors (Lipinski definition) is 0. The van der Waals surface area contributed by atoms with E-state index in [0.29, 0.717) is 24.3 Å². The molecule has 0 atom stereocenters. The van der Waals surface area contributed by atoms with E-state index in [1.807, 2.05) is 95.7 Å². The van der Waals surface area contributed by atoms with Crippen molar-refractivity contribution in [2.75, 3.05) is 13.2 Å². The van der Waals surface area contributed by atoms with Gasteiger partial charge in [-0.25, -0.2) is 0 Å². The number of thiophene rings is 2. The van der Waals surface area contributed by atoms with Gasteiger partial charge in [0.25, 0.3) is 0 Å². The van der Waals surface area contributed by atoms with Crippen molar-refractivity contribution in [3.05, 3.63) is 117 Å². The smallest absolute Gasteiger partial charge is 0.185 e.